The molecule has 0 aliphatic rings. The number of hydrogen-bond acceptors (Lipinski definition) is 5. The van der Waals surface area contributed by atoms with Crippen LogP contribution < -0.4 is 5.32 Å². The Balaban J connectivity index is 1.90. The van der Waals surface area contributed by atoms with Gasteiger partial charge in [-0.15, -0.1) is 11.3 Å². The number of H-pyrrole nitrogens is 1. The molecule has 0 saturated carbocycles. The molecule has 0 aliphatic heterocycles. The molecule has 1 amide bonds. The Labute approximate surface area is 83.4 Å². The van der Waals surface area contributed by atoms with Crippen LogP contribution in [0.25, 0.3) is 0 Å². The molecule has 7 heteroatoms. The molecule has 0 atom stereocenters. The normalized spacial score (nSPS) is 10.0. The topological polar surface area (TPSA) is 83.6 Å². The van der Waals surface area contributed by atoms with Gasteiger partial charge in [0.05, 0.1) is 12.1 Å². The first-order valence-corrected chi connectivity index (χ1v) is 4.75. The van der Waals surface area contributed by atoms with Crippen LogP contribution >= 0.6 is 11.3 Å². The number of hydrogen-bond donors (Lipinski definition) is 2. The van der Waals surface area contributed by atoms with Crippen molar-refractivity contribution in [2.45, 2.75) is 6.54 Å². The number of aromatic amines is 1. The van der Waals surface area contributed by atoms with E-state index in [0.717, 1.165) is 4.88 Å². The predicted octanol–water partition coefficient (Wildman–Crippen LogP) is 0.191. The van der Waals surface area contributed by atoms with Crippen LogP contribution in [0.5, 0.6) is 0 Å². The standard InChI is InChI=1S/C7H7N5OS/c13-7(6-10-3-11-12-6)9-2-5-1-8-4-14-5/h1,3-4H,2H2,(H,9,13)(H,10,11,12). The van der Waals surface area contributed by atoms with Crippen molar-refractivity contribution < 1.29 is 4.79 Å². The molecule has 2 rings (SSSR count). The lowest BCUT2D eigenvalue weighted by Gasteiger charge is -1.98. The van der Waals surface area contributed by atoms with Crippen LogP contribution in [-0.4, -0.2) is 26.1 Å². The fourth-order valence-electron chi connectivity index (χ4n) is 0.895. The number of rotatable bonds is 3. The largest absolute Gasteiger partial charge is 0.344 e. The van der Waals surface area contributed by atoms with Crippen molar-refractivity contribution in [2.24, 2.45) is 0 Å². The number of nitrogens with one attached hydrogen (secondary N) is 2. The van der Waals surface area contributed by atoms with E-state index in [1.54, 1.807) is 11.7 Å². The van der Waals surface area contributed by atoms with Gasteiger partial charge in [-0.05, 0) is 0 Å². The molecule has 0 aromatic carbocycles. The third kappa shape index (κ3) is 1.94. The third-order valence-electron chi connectivity index (χ3n) is 1.54. The first-order valence-electron chi connectivity index (χ1n) is 3.87. The van der Waals surface area contributed by atoms with Crippen molar-refractivity contribution in [3.8, 4) is 0 Å². The van der Waals surface area contributed by atoms with Crippen molar-refractivity contribution >= 4 is 17.2 Å². The zero-order valence-corrected chi connectivity index (χ0v) is 7.91. The van der Waals surface area contributed by atoms with E-state index in [9.17, 15) is 4.79 Å². The van der Waals surface area contributed by atoms with Crippen LogP contribution in [0.4, 0.5) is 0 Å². The van der Waals surface area contributed by atoms with Crippen molar-refractivity contribution in [2.75, 3.05) is 0 Å². The molecule has 0 unspecified atom stereocenters. The average Bonchev–Trinajstić information content (AvgIpc) is 2.87. The smallest absolute Gasteiger partial charge is 0.288 e. The van der Waals surface area contributed by atoms with E-state index in [2.05, 4.69) is 25.5 Å². The summed E-state index contributed by atoms with van der Waals surface area (Å²) in [5.41, 5.74) is 1.72. The van der Waals surface area contributed by atoms with E-state index in [0.29, 0.717) is 6.54 Å². The number of carbonyl (C=O) groups excluding carboxylic acids is 1. The fraction of sp³-hybridized carbons (Fsp3) is 0.143. The molecule has 6 nitrogen and oxygen atoms in total. The van der Waals surface area contributed by atoms with Crippen LogP contribution in [0, 0.1) is 0 Å². The van der Waals surface area contributed by atoms with E-state index < -0.39 is 0 Å². The summed E-state index contributed by atoms with van der Waals surface area (Å²) >= 11 is 1.49. The lowest BCUT2D eigenvalue weighted by atomic mass is 10.5. The number of amides is 1. The minimum Gasteiger partial charge on any atom is -0.344 e. The van der Waals surface area contributed by atoms with Gasteiger partial charge in [0, 0.05) is 11.1 Å². The summed E-state index contributed by atoms with van der Waals surface area (Å²) in [6, 6.07) is 0. The van der Waals surface area contributed by atoms with Gasteiger partial charge in [0.1, 0.15) is 6.33 Å². The summed E-state index contributed by atoms with van der Waals surface area (Å²) in [7, 11) is 0. The van der Waals surface area contributed by atoms with Gasteiger partial charge in [0.25, 0.3) is 5.91 Å². The summed E-state index contributed by atoms with van der Waals surface area (Å²) in [6.07, 6.45) is 3.01. The quantitative estimate of drug-likeness (QED) is 0.755. The van der Waals surface area contributed by atoms with Gasteiger partial charge >= 0.3 is 0 Å². The zero-order valence-electron chi connectivity index (χ0n) is 7.10. The van der Waals surface area contributed by atoms with Crippen LogP contribution in [0.15, 0.2) is 18.0 Å². The first kappa shape index (κ1) is 8.82. The van der Waals surface area contributed by atoms with Gasteiger partial charge in [-0.25, -0.2) is 4.98 Å². The van der Waals surface area contributed by atoms with Crippen molar-refractivity contribution in [1.82, 2.24) is 25.5 Å². The highest BCUT2D eigenvalue weighted by Gasteiger charge is 2.07. The molecule has 2 aromatic rings. The molecular formula is C7H7N5OS. The lowest BCUT2D eigenvalue weighted by Crippen LogP contribution is -2.23. The minimum atomic E-state index is -0.268. The molecular weight excluding hydrogens is 202 g/mol. The Hall–Kier alpha value is -1.76. The minimum absolute atomic E-state index is 0.217. The van der Waals surface area contributed by atoms with Gasteiger partial charge in [-0.3, -0.25) is 14.9 Å². The highest BCUT2D eigenvalue weighted by molar-refractivity contribution is 7.09. The van der Waals surface area contributed by atoms with Crippen LogP contribution in [0.3, 0.4) is 0 Å². The number of nitrogens with zero attached hydrogens (tertiary/aromatic N) is 3. The molecule has 0 bridgehead atoms. The Bertz CT molecular complexity index is 396. The molecule has 0 spiro atoms. The molecule has 2 N–H and O–H groups in total. The molecule has 0 radical (unpaired) electrons. The predicted molar refractivity (Wildman–Crippen MR) is 49.7 cm³/mol. The molecule has 2 aromatic heterocycles. The molecule has 0 saturated heterocycles. The number of thiazole rings is 1. The van der Waals surface area contributed by atoms with E-state index in [1.807, 2.05) is 0 Å². The van der Waals surface area contributed by atoms with Crippen molar-refractivity contribution in [3.05, 3.63) is 28.7 Å². The monoisotopic (exact) mass is 209 g/mol. The Morgan fingerprint density at radius 1 is 1.64 bits per heavy atom. The van der Waals surface area contributed by atoms with Crippen molar-refractivity contribution in [3.63, 3.8) is 0 Å². The SMILES string of the molecule is O=C(NCc1cncs1)c1ncn[nH]1. The van der Waals surface area contributed by atoms with E-state index in [4.69, 9.17) is 0 Å². The molecule has 72 valence electrons. The maximum atomic E-state index is 11.3. The van der Waals surface area contributed by atoms with Gasteiger partial charge in [-0.2, -0.15) is 5.10 Å². The van der Waals surface area contributed by atoms with Crippen LogP contribution in [0.2, 0.25) is 0 Å². The zero-order chi connectivity index (χ0) is 9.80. The van der Waals surface area contributed by atoms with E-state index in [1.165, 1.54) is 17.7 Å². The van der Waals surface area contributed by atoms with Crippen molar-refractivity contribution in [1.29, 1.82) is 0 Å². The summed E-state index contributed by atoms with van der Waals surface area (Å²) in [5, 5.41) is 8.75. The second kappa shape index (κ2) is 3.97. The second-order valence-corrected chi connectivity index (χ2v) is 3.46. The summed E-state index contributed by atoms with van der Waals surface area (Å²) in [6.45, 7) is 0.463. The summed E-state index contributed by atoms with van der Waals surface area (Å²) in [4.78, 5) is 20.0. The van der Waals surface area contributed by atoms with Crippen LogP contribution in [0.1, 0.15) is 15.5 Å². The maximum absolute atomic E-state index is 11.3. The lowest BCUT2D eigenvalue weighted by molar-refractivity contribution is 0.0941. The summed E-state index contributed by atoms with van der Waals surface area (Å²) < 4.78 is 0. The fourth-order valence-corrected chi connectivity index (χ4v) is 1.43. The molecule has 0 fully saturated rings. The van der Waals surface area contributed by atoms with Crippen LogP contribution in [-0.2, 0) is 6.54 Å². The Morgan fingerprint density at radius 3 is 3.21 bits per heavy atom. The second-order valence-electron chi connectivity index (χ2n) is 2.48. The third-order valence-corrected chi connectivity index (χ3v) is 2.32. The molecule has 14 heavy (non-hydrogen) atoms. The van der Waals surface area contributed by atoms with Gasteiger partial charge in [0.15, 0.2) is 0 Å². The molecule has 0 aliphatic carbocycles. The Kier molecular flexibility index (Phi) is 2.50. The average molecular weight is 209 g/mol. The van der Waals surface area contributed by atoms with E-state index >= 15 is 0 Å². The number of aromatic nitrogens is 4. The van der Waals surface area contributed by atoms with Gasteiger partial charge < -0.3 is 5.32 Å². The maximum Gasteiger partial charge on any atom is 0.288 e. The highest BCUT2D eigenvalue weighted by atomic mass is 32.1. The first-order chi connectivity index (χ1) is 6.86. The molecule has 2 heterocycles. The van der Waals surface area contributed by atoms with Gasteiger partial charge in [-0.1, -0.05) is 0 Å². The Morgan fingerprint density at radius 2 is 2.57 bits per heavy atom. The van der Waals surface area contributed by atoms with Gasteiger partial charge in [0.2, 0.25) is 5.82 Å². The van der Waals surface area contributed by atoms with E-state index in [-0.39, 0.29) is 11.7 Å². The summed E-state index contributed by atoms with van der Waals surface area (Å²) in [5.74, 6) is -0.0505. The highest BCUT2D eigenvalue weighted by Crippen LogP contribution is 2.04. The number of carbonyl (C=O) groups is 1.